The maximum Gasteiger partial charge on any atom is 0.261 e. The average molecular weight is 398 g/mol. The SMILES string of the molecule is COc1ccc([C@@H](CC(C)C)NC(=O)[C@H](C)Oc2cc(C)ccc2C(C)C)cc1. The van der Waals surface area contributed by atoms with Gasteiger partial charge in [-0.1, -0.05) is 52.0 Å². The third-order valence-corrected chi connectivity index (χ3v) is 5.01. The predicted molar refractivity (Wildman–Crippen MR) is 119 cm³/mol. The van der Waals surface area contributed by atoms with Crippen LogP contribution in [0.2, 0.25) is 0 Å². The van der Waals surface area contributed by atoms with Crippen molar-refractivity contribution in [3.05, 3.63) is 59.2 Å². The second-order valence-corrected chi connectivity index (χ2v) is 8.42. The highest BCUT2D eigenvalue weighted by molar-refractivity contribution is 5.81. The van der Waals surface area contributed by atoms with Crippen LogP contribution in [0.5, 0.6) is 11.5 Å². The predicted octanol–water partition coefficient (Wildman–Crippen LogP) is 5.80. The Morgan fingerprint density at radius 2 is 1.66 bits per heavy atom. The van der Waals surface area contributed by atoms with Gasteiger partial charge >= 0.3 is 0 Å². The van der Waals surface area contributed by atoms with Crippen LogP contribution in [0.4, 0.5) is 0 Å². The van der Waals surface area contributed by atoms with Gasteiger partial charge in [0.25, 0.3) is 5.91 Å². The van der Waals surface area contributed by atoms with E-state index in [1.165, 1.54) is 0 Å². The Kier molecular flexibility index (Phi) is 8.12. The third-order valence-electron chi connectivity index (χ3n) is 5.01. The van der Waals surface area contributed by atoms with E-state index in [-0.39, 0.29) is 11.9 Å². The topological polar surface area (TPSA) is 47.6 Å². The van der Waals surface area contributed by atoms with Crippen molar-refractivity contribution < 1.29 is 14.3 Å². The Bertz CT molecular complexity index is 796. The molecular formula is C25H35NO3. The van der Waals surface area contributed by atoms with Gasteiger partial charge in [-0.15, -0.1) is 0 Å². The fourth-order valence-electron chi connectivity index (χ4n) is 3.34. The summed E-state index contributed by atoms with van der Waals surface area (Å²) in [6.07, 6.45) is 0.272. The molecule has 158 valence electrons. The lowest BCUT2D eigenvalue weighted by Crippen LogP contribution is -2.39. The van der Waals surface area contributed by atoms with Crippen molar-refractivity contribution in [1.82, 2.24) is 5.32 Å². The number of methoxy groups -OCH3 is 1. The lowest BCUT2D eigenvalue weighted by Gasteiger charge is -2.24. The van der Waals surface area contributed by atoms with Crippen LogP contribution in [0.3, 0.4) is 0 Å². The van der Waals surface area contributed by atoms with Crippen molar-refractivity contribution in [2.75, 3.05) is 7.11 Å². The molecule has 0 aliphatic carbocycles. The van der Waals surface area contributed by atoms with E-state index in [2.05, 4.69) is 45.1 Å². The molecule has 2 aromatic carbocycles. The molecule has 2 aromatic rings. The molecule has 0 saturated heterocycles. The number of amides is 1. The molecule has 0 bridgehead atoms. The lowest BCUT2D eigenvalue weighted by atomic mass is 9.96. The molecule has 4 nitrogen and oxygen atoms in total. The molecule has 1 N–H and O–H groups in total. The zero-order chi connectivity index (χ0) is 21.6. The molecule has 0 heterocycles. The molecular weight excluding hydrogens is 362 g/mol. The highest BCUT2D eigenvalue weighted by atomic mass is 16.5. The zero-order valence-corrected chi connectivity index (χ0v) is 18.8. The molecule has 1 amide bonds. The van der Waals surface area contributed by atoms with Gasteiger partial charge in [0.15, 0.2) is 6.10 Å². The summed E-state index contributed by atoms with van der Waals surface area (Å²) < 4.78 is 11.3. The number of hydrogen-bond acceptors (Lipinski definition) is 3. The second kappa shape index (κ2) is 10.3. The molecule has 0 radical (unpaired) electrons. The quantitative estimate of drug-likeness (QED) is 0.582. The van der Waals surface area contributed by atoms with Crippen LogP contribution in [-0.2, 0) is 4.79 Å². The summed E-state index contributed by atoms with van der Waals surface area (Å²) in [5, 5.41) is 3.18. The first-order valence-electron chi connectivity index (χ1n) is 10.4. The first kappa shape index (κ1) is 22.8. The normalized spacial score (nSPS) is 13.3. The van der Waals surface area contributed by atoms with Gasteiger partial charge in [-0.05, 0) is 67.0 Å². The summed E-state index contributed by atoms with van der Waals surface area (Å²) in [6.45, 7) is 12.4. The van der Waals surface area contributed by atoms with Gasteiger partial charge in [0, 0.05) is 0 Å². The summed E-state index contributed by atoms with van der Waals surface area (Å²) in [7, 11) is 1.65. The summed E-state index contributed by atoms with van der Waals surface area (Å²) in [5.74, 6) is 2.26. The van der Waals surface area contributed by atoms with Crippen LogP contribution in [0, 0.1) is 12.8 Å². The number of ether oxygens (including phenoxy) is 2. The highest BCUT2D eigenvalue weighted by Gasteiger charge is 2.22. The van der Waals surface area contributed by atoms with E-state index in [4.69, 9.17) is 9.47 Å². The van der Waals surface area contributed by atoms with Crippen molar-refractivity contribution in [2.24, 2.45) is 5.92 Å². The first-order chi connectivity index (χ1) is 13.7. The molecule has 2 atom stereocenters. The number of hydrogen-bond donors (Lipinski definition) is 1. The standard InChI is InChI=1S/C25H35NO3/c1-16(2)14-23(20-9-11-21(28-7)12-10-20)26-25(27)19(6)29-24-15-18(5)8-13-22(24)17(3)4/h8-13,15-17,19,23H,14H2,1-7H3,(H,26,27)/t19-,23+/m0/s1. The van der Waals surface area contributed by atoms with Gasteiger partial charge < -0.3 is 14.8 Å². The Balaban J connectivity index is 2.15. The number of nitrogens with one attached hydrogen (secondary N) is 1. The van der Waals surface area contributed by atoms with Crippen LogP contribution < -0.4 is 14.8 Å². The molecule has 0 spiro atoms. The van der Waals surface area contributed by atoms with Crippen LogP contribution in [-0.4, -0.2) is 19.1 Å². The summed E-state index contributed by atoms with van der Waals surface area (Å²) in [4.78, 5) is 12.9. The fraction of sp³-hybridized carbons (Fsp3) is 0.480. The minimum absolute atomic E-state index is 0.0680. The number of benzene rings is 2. The number of carbonyl (C=O) groups is 1. The number of aryl methyl sites for hydroxylation is 1. The summed E-state index contributed by atoms with van der Waals surface area (Å²) >= 11 is 0. The van der Waals surface area contributed by atoms with E-state index >= 15 is 0 Å². The molecule has 2 rings (SSSR count). The van der Waals surface area contributed by atoms with E-state index < -0.39 is 6.10 Å². The van der Waals surface area contributed by atoms with Crippen molar-refractivity contribution in [1.29, 1.82) is 0 Å². The highest BCUT2D eigenvalue weighted by Crippen LogP contribution is 2.29. The number of rotatable bonds is 9. The van der Waals surface area contributed by atoms with Gasteiger partial charge in [0.2, 0.25) is 0 Å². The van der Waals surface area contributed by atoms with Gasteiger partial charge in [0.05, 0.1) is 13.2 Å². The van der Waals surface area contributed by atoms with Crippen LogP contribution in [0.15, 0.2) is 42.5 Å². The average Bonchev–Trinajstić information content (AvgIpc) is 2.67. The van der Waals surface area contributed by atoms with Crippen molar-refractivity contribution in [3.63, 3.8) is 0 Å². The number of carbonyl (C=O) groups excluding carboxylic acids is 1. The van der Waals surface area contributed by atoms with Gasteiger partial charge in [-0.3, -0.25) is 4.79 Å². The Morgan fingerprint density at radius 1 is 1.00 bits per heavy atom. The molecule has 0 saturated carbocycles. The molecule has 0 aliphatic rings. The first-order valence-corrected chi connectivity index (χ1v) is 10.4. The van der Waals surface area contributed by atoms with Crippen LogP contribution >= 0.6 is 0 Å². The summed E-state index contributed by atoms with van der Waals surface area (Å²) in [5.41, 5.74) is 3.30. The maximum absolute atomic E-state index is 12.9. The van der Waals surface area contributed by atoms with Gasteiger partial charge in [0.1, 0.15) is 11.5 Å². The van der Waals surface area contributed by atoms with E-state index in [9.17, 15) is 4.79 Å². The fourth-order valence-corrected chi connectivity index (χ4v) is 3.34. The molecule has 0 fully saturated rings. The van der Waals surface area contributed by atoms with E-state index in [0.29, 0.717) is 11.8 Å². The minimum atomic E-state index is -0.581. The second-order valence-electron chi connectivity index (χ2n) is 8.42. The minimum Gasteiger partial charge on any atom is -0.497 e. The van der Waals surface area contributed by atoms with Crippen molar-refractivity contribution in [3.8, 4) is 11.5 Å². The lowest BCUT2D eigenvalue weighted by molar-refractivity contribution is -0.128. The van der Waals surface area contributed by atoms with E-state index in [0.717, 1.165) is 34.6 Å². The van der Waals surface area contributed by atoms with E-state index in [1.54, 1.807) is 7.11 Å². The zero-order valence-electron chi connectivity index (χ0n) is 18.8. The van der Waals surface area contributed by atoms with Crippen LogP contribution in [0.25, 0.3) is 0 Å². The molecule has 0 aliphatic heterocycles. The smallest absolute Gasteiger partial charge is 0.261 e. The molecule has 29 heavy (non-hydrogen) atoms. The van der Waals surface area contributed by atoms with Gasteiger partial charge in [-0.25, -0.2) is 0 Å². The van der Waals surface area contributed by atoms with Crippen LogP contribution in [0.1, 0.15) is 69.7 Å². The molecule has 0 unspecified atom stereocenters. The van der Waals surface area contributed by atoms with E-state index in [1.807, 2.05) is 44.2 Å². The monoisotopic (exact) mass is 397 g/mol. The Hall–Kier alpha value is -2.49. The van der Waals surface area contributed by atoms with Crippen molar-refractivity contribution >= 4 is 5.91 Å². The largest absolute Gasteiger partial charge is 0.497 e. The van der Waals surface area contributed by atoms with Gasteiger partial charge in [-0.2, -0.15) is 0 Å². The summed E-state index contributed by atoms with van der Waals surface area (Å²) in [6, 6.07) is 14.0. The van der Waals surface area contributed by atoms with Crippen molar-refractivity contribution in [2.45, 2.75) is 66.0 Å². The Labute approximate surface area is 175 Å². The molecule has 0 aromatic heterocycles. The maximum atomic E-state index is 12.9. The molecule has 4 heteroatoms. The third kappa shape index (κ3) is 6.52. The Morgan fingerprint density at radius 3 is 2.21 bits per heavy atom.